The lowest BCUT2D eigenvalue weighted by Gasteiger charge is -2.22. The molecule has 0 saturated carbocycles. The van der Waals surface area contributed by atoms with Gasteiger partial charge in [-0.1, -0.05) is 0 Å². The Kier molecular flexibility index (Phi) is 4.51. The summed E-state index contributed by atoms with van der Waals surface area (Å²) in [6.45, 7) is 5.57. The van der Waals surface area contributed by atoms with Gasteiger partial charge in [-0.25, -0.2) is 8.42 Å². The molecule has 0 aromatic carbocycles. The number of aromatic nitrogens is 3. The summed E-state index contributed by atoms with van der Waals surface area (Å²) in [7, 11) is -3.20. The van der Waals surface area contributed by atoms with E-state index in [1.165, 1.54) is 6.26 Å². The van der Waals surface area contributed by atoms with Gasteiger partial charge in [0.1, 0.15) is 0 Å². The highest BCUT2D eigenvalue weighted by Crippen LogP contribution is 2.16. The third-order valence-electron chi connectivity index (χ3n) is 2.58. The van der Waals surface area contributed by atoms with Crippen molar-refractivity contribution in [3.8, 4) is 6.01 Å². The third-order valence-corrected chi connectivity index (χ3v) is 4.73. The summed E-state index contributed by atoms with van der Waals surface area (Å²) in [6, 6.07) is 0.106. The van der Waals surface area contributed by atoms with Gasteiger partial charge < -0.3 is 15.8 Å². The Bertz CT molecular complexity index is 544. The topological polar surface area (TPSA) is 120 Å². The van der Waals surface area contributed by atoms with Crippen LogP contribution in [-0.2, 0) is 9.84 Å². The van der Waals surface area contributed by atoms with Gasteiger partial charge in [-0.15, -0.1) is 0 Å². The zero-order valence-electron chi connectivity index (χ0n) is 11.5. The van der Waals surface area contributed by atoms with E-state index in [9.17, 15) is 8.42 Å². The molecular weight excluding hydrogens is 270 g/mol. The largest absolute Gasteiger partial charge is 0.464 e. The van der Waals surface area contributed by atoms with Crippen LogP contribution in [0.3, 0.4) is 0 Å². The van der Waals surface area contributed by atoms with E-state index < -0.39 is 14.6 Å². The zero-order valence-corrected chi connectivity index (χ0v) is 12.3. The molecule has 0 spiro atoms. The number of nitrogen functional groups attached to an aromatic ring is 1. The normalized spacial score (nSPS) is 12.2. The average molecular weight is 289 g/mol. The van der Waals surface area contributed by atoms with Gasteiger partial charge in [-0.05, 0) is 20.8 Å². The number of hydrogen-bond donors (Lipinski definition) is 2. The molecule has 0 fully saturated rings. The molecule has 0 atom stereocenters. The van der Waals surface area contributed by atoms with Crippen LogP contribution < -0.4 is 15.8 Å². The highest BCUT2D eigenvalue weighted by atomic mass is 32.2. The quantitative estimate of drug-likeness (QED) is 0.755. The average Bonchev–Trinajstić information content (AvgIpc) is 2.25. The second kappa shape index (κ2) is 5.55. The summed E-state index contributed by atoms with van der Waals surface area (Å²) in [6.07, 6.45) is 1.18. The van der Waals surface area contributed by atoms with Crippen molar-refractivity contribution in [2.24, 2.45) is 0 Å². The first-order valence-corrected chi connectivity index (χ1v) is 7.62. The van der Waals surface area contributed by atoms with E-state index in [1.54, 1.807) is 20.8 Å². The first kappa shape index (κ1) is 15.4. The second-order valence-electron chi connectivity index (χ2n) is 4.62. The minimum absolute atomic E-state index is 0.0121. The molecule has 1 rings (SSSR count). The van der Waals surface area contributed by atoms with Crippen molar-refractivity contribution in [3.05, 3.63) is 0 Å². The molecule has 1 aromatic rings. The van der Waals surface area contributed by atoms with Gasteiger partial charge >= 0.3 is 6.01 Å². The van der Waals surface area contributed by atoms with Crippen LogP contribution >= 0.6 is 0 Å². The highest BCUT2D eigenvalue weighted by molar-refractivity contribution is 7.92. The van der Waals surface area contributed by atoms with Gasteiger partial charge in [0.25, 0.3) is 0 Å². The fourth-order valence-corrected chi connectivity index (χ4v) is 1.40. The maximum absolute atomic E-state index is 11.6. The molecule has 0 radical (unpaired) electrons. The number of nitrogens with zero attached hydrogens (tertiary/aromatic N) is 3. The zero-order chi connectivity index (χ0) is 14.7. The van der Waals surface area contributed by atoms with Gasteiger partial charge in [-0.3, -0.25) is 0 Å². The van der Waals surface area contributed by atoms with E-state index in [-0.39, 0.29) is 24.5 Å². The van der Waals surface area contributed by atoms with E-state index in [0.29, 0.717) is 6.61 Å². The van der Waals surface area contributed by atoms with Crippen molar-refractivity contribution < 1.29 is 13.2 Å². The van der Waals surface area contributed by atoms with E-state index in [0.717, 1.165) is 0 Å². The first-order chi connectivity index (χ1) is 8.65. The van der Waals surface area contributed by atoms with E-state index in [1.807, 2.05) is 0 Å². The van der Waals surface area contributed by atoms with Crippen LogP contribution in [0.5, 0.6) is 6.01 Å². The van der Waals surface area contributed by atoms with E-state index in [2.05, 4.69) is 20.3 Å². The van der Waals surface area contributed by atoms with Gasteiger partial charge in [0.15, 0.2) is 9.84 Å². The molecule has 0 unspecified atom stereocenters. The van der Waals surface area contributed by atoms with Gasteiger partial charge in [0.05, 0.1) is 11.4 Å². The van der Waals surface area contributed by atoms with Crippen molar-refractivity contribution in [1.82, 2.24) is 15.0 Å². The molecule has 1 aromatic heterocycles. The monoisotopic (exact) mass is 289 g/mol. The summed E-state index contributed by atoms with van der Waals surface area (Å²) < 4.78 is 27.3. The molecule has 108 valence electrons. The van der Waals surface area contributed by atoms with Crippen LogP contribution in [-0.4, -0.2) is 47.5 Å². The number of rotatable bonds is 6. The minimum atomic E-state index is -3.20. The van der Waals surface area contributed by atoms with Crippen LogP contribution in [0.2, 0.25) is 0 Å². The maximum Gasteiger partial charge on any atom is 0.323 e. The maximum atomic E-state index is 11.6. The van der Waals surface area contributed by atoms with Crippen molar-refractivity contribution in [1.29, 1.82) is 0 Å². The summed E-state index contributed by atoms with van der Waals surface area (Å²) in [4.78, 5) is 11.6. The second-order valence-corrected chi connectivity index (χ2v) is 7.27. The number of anilines is 2. The lowest BCUT2D eigenvalue weighted by Crippen LogP contribution is -2.38. The Hall–Kier alpha value is -1.64. The molecule has 0 amide bonds. The standard InChI is InChI=1S/C10H19N5O3S/c1-5-18-9-14-7(11)13-8(15-9)12-6-10(2,3)19(4,16)17/h5-6H2,1-4H3,(H3,11,12,13,14,15). The number of hydrogen-bond acceptors (Lipinski definition) is 8. The van der Waals surface area contributed by atoms with Crippen LogP contribution in [0.15, 0.2) is 0 Å². The SMILES string of the molecule is CCOc1nc(N)nc(NCC(C)(C)S(C)(=O)=O)n1. The minimum Gasteiger partial charge on any atom is -0.464 e. The Balaban J connectivity index is 2.83. The molecule has 8 nitrogen and oxygen atoms in total. The molecule has 0 bridgehead atoms. The van der Waals surface area contributed by atoms with Crippen LogP contribution in [0.25, 0.3) is 0 Å². The fraction of sp³-hybridized carbons (Fsp3) is 0.700. The lowest BCUT2D eigenvalue weighted by molar-refractivity contribution is 0.312. The Labute approximate surface area is 112 Å². The molecular formula is C10H19N5O3S. The number of nitrogens with one attached hydrogen (secondary N) is 1. The van der Waals surface area contributed by atoms with Gasteiger partial charge in [-0.2, -0.15) is 15.0 Å². The predicted molar refractivity (Wildman–Crippen MR) is 72.8 cm³/mol. The number of nitrogens with two attached hydrogens (primary N) is 1. The number of ether oxygens (including phenoxy) is 1. The van der Waals surface area contributed by atoms with Gasteiger partial charge in [0.2, 0.25) is 11.9 Å². The Morgan fingerprint density at radius 3 is 2.47 bits per heavy atom. The fourth-order valence-electron chi connectivity index (χ4n) is 1.07. The summed E-state index contributed by atoms with van der Waals surface area (Å²) in [5, 5.41) is 2.83. The molecule has 0 aliphatic rings. The molecule has 9 heteroatoms. The highest BCUT2D eigenvalue weighted by Gasteiger charge is 2.30. The van der Waals surface area contributed by atoms with Crippen molar-refractivity contribution >= 4 is 21.7 Å². The van der Waals surface area contributed by atoms with Crippen molar-refractivity contribution in [2.45, 2.75) is 25.5 Å². The number of sulfone groups is 1. The lowest BCUT2D eigenvalue weighted by atomic mass is 10.2. The summed E-state index contributed by atoms with van der Waals surface area (Å²) in [5.41, 5.74) is 5.51. The molecule has 19 heavy (non-hydrogen) atoms. The molecule has 0 saturated heterocycles. The third kappa shape index (κ3) is 4.19. The van der Waals surface area contributed by atoms with Gasteiger partial charge in [0, 0.05) is 12.8 Å². The van der Waals surface area contributed by atoms with Crippen LogP contribution in [0.4, 0.5) is 11.9 Å². The first-order valence-electron chi connectivity index (χ1n) is 5.73. The molecule has 1 heterocycles. The molecule has 0 aliphatic heterocycles. The van der Waals surface area contributed by atoms with Crippen molar-refractivity contribution in [2.75, 3.05) is 30.5 Å². The Morgan fingerprint density at radius 1 is 1.32 bits per heavy atom. The molecule has 0 aliphatic carbocycles. The van der Waals surface area contributed by atoms with Crippen molar-refractivity contribution in [3.63, 3.8) is 0 Å². The predicted octanol–water partition coefficient (Wildman–Crippen LogP) is 0.0876. The Morgan fingerprint density at radius 2 is 1.95 bits per heavy atom. The van der Waals surface area contributed by atoms with E-state index >= 15 is 0 Å². The van der Waals surface area contributed by atoms with Crippen LogP contribution in [0.1, 0.15) is 20.8 Å². The molecule has 3 N–H and O–H groups in total. The summed E-state index contributed by atoms with van der Waals surface area (Å²) >= 11 is 0. The summed E-state index contributed by atoms with van der Waals surface area (Å²) in [5.74, 6) is 0.200. The van der Waals surface area contributed by atoms with E-state index in [4.69, 9.17) is 10.5 Å². The smallest absolute Gasteiger partial charge is 0.323 e. The van der Waals surface area contributed by atoms with Crippen LogP contribution in [0, 0.1) is 0 Å².